The van der Waals surface area contributed by atoms with Crippen LogP contribution >= 0.6 is 23.2 Å². The predicted octanol–water partition coefficient (Wildman–Crippen LogP) is 5.45. The highest BCUT2D eigenvalue weighted by Crippen LogP contribution is 2.28. The zero-order valence-corrected chi connectivity index (χ0v) is 14.7. The van der Waals surface area contributed by atoms with Crippen molar-refractivity contribution in [2.75, 3.05) is 10.6 Å². The molecule has 3 rings (SSSR count). The lowest BCUT2D eigenvalue weighted by Gasteiger charge is -2.12. The monoisotopic (exact) mass is 369 g/mol. The van der Waals surface area contributed by atoms with E-state index in [1.165, 1.54) is 0 Å². The molecular formula is C18H13Cl2N5. The fraction of sp³-hybridized carbons (Fsp3) is 0.0556. The second-order valence-electron chi connectivity index (χ2n) is 5.25. The van der Waals surface area contributed by atoms with Gasteiger partial charge in [0.2, 0.25) is 5.95 Å². The van der Waals surface area contributed by atoms with E-state index in [2.05, 4.69) is 26.7 Å². The van der Waals surface area contributed by atoms with Crippen LogP contribution in [0.15, 0.2) is 48.5 Å². The molecule has 124 valence electrons. The molecule has 0 amide bonds. The first kappa shape index (κ1) is 17.0. The molecule has 1 aromatic heterocycles. The molecule has 0 aliphatic rings. The van der Waals surface area contributed by atoms with E-state index in [0.717, 1.165) is 5.69 Å². The highest BCUT2D eigenvalue weighted by atomic mass is 35.5. The Kier molecular flexibility index (Phi) is 5.03. The molecule has 0 fully saturated rings. The van der Waals surface area contributed by atoms with E-state index in [9.17, 15) is 5.26 Å². The fourth-order valence-electron chi connectivity index (χ4n) is 2.23. The topological polar surface area (TPSA) is 73.6 Å². The Morgan fingerprint density at radius 2 is 1.76 bits per heavy atom. The van der Waals surface area contributed by atoms with E-state index in [4.69, 9.17) is 23.2 Å². The van der Waals surface area contributed by atoms with Gasteiger partial charge in [0, 0.05) is 16.8 Å². The average Bonchev–Trinajstić information content (AvgIpc) is 2.58. The number of hydrogen-bond donors (Lipinski definition) is 2. The zero-order valence-electron chi connectivity index (χ0n) is 13.2. The van der Waals surface area contributed by atoms with E-state index in [-0.39, 0.29) is 0 Å². The van der Waals surface area contributed by atoms with Gasteiger partial charge >= 0.3 is 0 Å². The third-order valence-electron chi connectivity index (χ3n) is 3.34. The van der Waals surface area contributed by atoms with Crippen molar-refractivity contribution in [2.24, 2.45) is 0 Å². The Morgan fingerprint density at radius 3 is 2.56 bits per heavy atom. The molecule has 25 heavy (non-hydrogen) atoms. The van der Waals surface area contributed by atoms with Gasteiger partial charge in [-0.3, -0.25) is 0 Å². The molecule has 0 saturated heterocycles. The summed E-state index contributed by atoms with van der Waals surface area (Å²) >= 11 is 12.2. The summed E-state index contributed by atoms with van der Waals surface area (Å²) in [6.07, 6.45) is 0. The summed E-state index contributed by atoms with van der Waals surface area (Å²) in [6.45, 7) is 1.85. The largest absolute Gasteiger partial charge is 0.339 e. The van der Waals surface area contributed by atoms with E-state index in [1.807, 2.05) is 13.0 Å². The third kappa shape index (κ3) is 4.18. The molecule has 3 aromatic rings. The van der Waals surface area contributed by atoms with Crippen LogP contribution in [0.25, 0.3) is 0 Å². The first-order chi connectivity index (χ1) is 12.0. The summed E-state index contributed by atoms with van der Waals surface area (Å²) in [5.74, 6) is 0.942. The van der Waals surface area contributed by atoms with Gasteiger partial charge in [-0.25, -0.2) is 4.98 Å². The smallest absolute Gasteiger partial charge is 0.229 e. The van der Waals surface area contributed by atoms with E-state index >= 15 is 0 Å². The molecule has 2 aromatic carbocycles. The third-order valence-corrected chi connectivity index (χ3v) is 3.90. The molecule has 0 atom stereocenters. The van der Waals surface area contributed by atoms with Crippen molar-refractivity contribution in [1.29, 1.82) is 5.26 Å². The molecule has 5 nitrogen and oxygen atoms in total. The fourth-order valence-corrected chi connectivity index (χ4v) is 2.57. The predicted molar refractivity (Wildman–Crippen MR) is 101 cm³/mol. The Morgan fingerprint density at radius 1 is 0.960 bits per heavy atom. The van der Waals surface area contributed by atoms with Crippen molar-refractivity contribution in [3.05, 3.63) is 69.8 Å². The average molecular weight is 370 g/mol. The maximum Gasteiger partial charge on any atom is 0.229 e. The van der Waals surface area contributed by atoms with Gasteiger partial charge in [-0.1, -0.05) is 35.3 Å². The first-order valence-corrected chi connectivity index (χ1v) is 8.14. The molecule has 0 spiro atoms. The molecule has 1 heterocycles. The maximum atomic E-state index is 9.19. The molecule has 0 bridgehead atoms. The zero-order chi connectivity index (χ0) is 17.8. The van der Waals surface area contributed by atoms with Crippen molar-refractivity contribution in [3.8, 4) is 6.07 Å². The van der Waals surface area contributed by atoms with Gasteiger partial charge in [0.05, 0.1) is 22.0 Å². The minimum Gasteiger partial charge on any atom is -0.339 e. The molecular weight excluding hydrogens is 357 g/mol. The number of aromatic nitrogens is 2. The summed E-state index contributed by atoms with van der Waals surface area (Å²) < 4.78 is 0. The van der Waals surface area contributed by atoms with Crippen LogP contribution in [0.1, 0.15) is 11.3 Å². The first-order valence-electron chi connectivity index (χ1n) is 7.39. The van der Waals surface area contributed by atoms with Gasteiger partial charge in [0.25, 0.3) is 0 Å². The van der Waals surface area contributed by atoms with E-state index < -0.39 is 0 Å². The highest BCUT2D eigenvalue weighted by molar-refractivity contribution is 6.35. The molecule has 7 heteroatoms. The van der Waals surface area contributed by atoms with Gasteiger partial charge in [-0.2, -0.15) is 10.2 Å². The lowest BCUT2D eigenvalue weighted by molar-refractivity contribution is 1.11. The number of benzene rings is 2. The molecule has 2 N–H and O–H groups in total. The molecule has 0 aliphatic carbocycles. The van der Waals surface area contributed by atoms with Crippen LogP contribution in [0.2, 0.25) is 10.0 Å². The SMILES string of the molecule is Cc1cc(Nc2cc(Cl)ccc2Cl)nc(Nc2ccccc2C#N)n1. The minimum absolute atomic E-state index is 0.378. The number of halogens is 2. The summed E-state index contributed by atoms with van der Waals surface area (Å²) in [5, 5.41) is 16.5. The highest BCUT2D eigenvalue weighted by Gasteiger charge is 2.08. The number of aryl methyl sites for hydroxylation is 1. The van der Waals surface area contributed by atoms with Crippen molar-refractivity contribution in [3.63, 3.8) is 0 Å². The summed E-state index contributed by atoms with van der Waals surface area (Å²) in [5.41, 5.74) is 2.56. The van der Waals surface area contributed by atoms with Crippen molar-refractivity contribution < 1.29 is 0 Å². The molecule has 0 unspecified atom stereocenters. The number of para-hydroxylation sites is 1. The van der Waals surface area contributed by atoms with Crippen LogP contribution in [-0.2, 0) is 0 Å². The van der Waals surface area contributed by atoms with Crippen LogP contribution < -0.4 is 10.6 Å². The van der Waals surface area contributed by atoms with Crippen molar-refractivity contribution >= 4 is 46.3 Å². The Balaban J connectivity index is 1.91. The lowest BCUT2D eigenvalue weighted by atomic mass is 10.2. The number of nitriles is 1. The second kappa shape index (κ2) is 7.39. The number of nitrogens with one attached hydrogen (secondary N) is 2. The van der Waals surface area contributed by atoms with Crippen molar-refractivity contribution in [1.82, 2.24) is 9.97 Å². The van der Waals surface area contributed by atoms with Crippen molar-refractivity contribution in [2.45, 2.75) is 6.92 Å². The van der Waals surface area contributed by atoms with Crippen LogP contribution in [0.5, 0.6) is 0 Å². The van der Waals surface area contributed by atoms with Crippen LogP contribution in [0, 0.1) is 18.3 Å². The normalized spacial score (nSPS) is 10.2. The molecule has 0 aliphatic heterocycles. The number of anilines is 4. The standard InChI is InChI=1S/C18H13Cl2N5/c1-11-8-17(23-16-9-13(19)6-7-14(16)20)25-18(22-11)24-15-5-3-2-4-12(15)10-21/h2-9H,1H3,(H2,22,23,24,25). The number of hydrogen-bond acceptors (Lipinski definition) is 5. The summed E-state index contributed by atoms with van der Waals surface area (Å²) in [4.78, 5) is 8.78. The second-order valence-corrected chi connectivity index (χ2v) is 6.09. The van der Waals surface area contributed by atoms with E-state index in [1.54, 1.807) is 42.5 Å². The van der Waals surface area contributed by atoms with Crippen LogP contribution in [-0.4, -0.2) is 9.97 Å². The summed E-state index contributed by atoms with van der Waals surface area (Å²) in [7, 11) is 0. The number of rotatable bonds is 4. The Hall–Kier alpha value is -2.81. The summed E-state index contributed by atoms with van der Waals surface area (Å²) in [6, 6.07) is 16.2. The van der Waals surface area contributed by atoms with Gasteiger partial charge in [0.1, 0.15) is 11.9 Å². The quantitative estimate of drug-likeness (QED) is 0.639. The van der Waals surface area contributed by atoms with Gasteiger partial charge in [-0.15, -0.1) is 0 Å². The Bertz CT molecular complexity index is 966. The van der Waals surface area contributed by atoms with Gasteiger partial charge < -0.3 is 10.6 Å². The van der Waals surface area contributed by atoms with Crippen LogP contribution in [0.3, 0.4) is 0 Å². The molecule has 0 saturated carbocycles. The van der Waals surface area contributed by atoms with E-state index in [0.29, 0.717) is 38.7 Å². The lowest BCUT2D eigenvalue weighted by Crippen LogP contribution is -2.03. The molecule has 0 radical (unpaired) electrons. The van der Waals surface area contributed by atoms with Crippen LogP contribution in [0.4, 0.5) is 23.1 Å². The maximum absolute atomic E-state index is 9.19. The van der Waals surface area contributed by atoms with Gasteiger partial charge in [0.15, 0.2) is 0 Å². The minimum atomic E-state index is 0.378. The van der Waals surface area contributed by atoms with Gasteiger partial charge in [-0.05, 0) is 37.3 Å². The number of nitrogens with zero attached hydrogens (tertiary/aromatic N) is 3. The Labute approximate surface area is 155 Å².